The number of anilines is 1. The van der Waals surface area contributed by atoms with Gasteiger partial charge in [0.2, 0.25) is 10.0 Å². The average Bonchev–Trinajstić information content (AvgIpc) is 3.48. The van der Waals surface area contributed by atoms with Gasteiger partial charge in [0, 0.05) is 24.3 Å². The second-order valence-corrected chi connectivity index (χ2v) is 9.99. The number of benzene rings is 2. The summed E-state index contributed by atoms with van der Waals surface area (Å²) in [6.07, 6.45) is 3.21. The molecular weight excluding hydrogens is 434 g/mol. The van der Waals surface area contributed by atoms with Gasteiger partial charge in [0.15, 0.2) is 0 Å². The van der Waals surface area contributed by atoms with Crippen LogP contribution in [0.3, 0.4) is 0 Å². The van der Waals surface area contributed by atoms with Gasteiger partial charge in [-0.3, -0.25) is 4.79 Å². The van der Waals surface area contributed by atoms with Crippen LogP contribution in [0.1, 0.15) is 29.4 Å². The predicted molar refractivity (Wildman–Crippen MR) is 121 cm³/mol. The number of nitrogens with zero attached hydrogens (tertiary/aromatic N) is 2. The van der Waals surface area contributed by atoms with Crippen molar-refractivity contribution in [3.63, 3.8) is 0 Å². The third-order valence-corrected chi connectivity index (χ3v) is 7.90. The monoisotopic (exact) mass is 457 g/mol. The molecule has 1 aromatic heterocycles. The molecule has 1 amide bonds. The Morgan fingerprint density at radius 1 is 1.16 bits per heavy atom. The molecule has 2 aromatic carbocycles. The molecule has 0 spiro atoms. The Labute approximate surface area is 185 Å². The van der Waals surface area contributed by atoms with Crippen molar-refractivity contribution in [3.8, 4) is 16.3 Å². The molecule has 1 fully saturated rings. The summed E-state index contributed by atoms with van der Waals surface area (Å²) in [7, 11) is -3.70. The lowest BCUT2D eigenvalue weighted by Crippen LogP contribution is -2.28. The summed E-state index contributed by atoms with van der Waals surface area (Å²) in [5.74, 6) is -0.0510. The lowest BCUT2D eigenvalue weighted by atomic mass is 10.2. The first kappa shape index (κ1) is 21.5. The van der Waals surface area contributed by atoms with Crippen molar-refractivity contribution in [2.75, 3.05) is 25.0 Å². The normalized spacial score (nSPS) is 14.5. The van der Waals surface area contributed by atoms with Crippen molar-refractivity contribution in [3.05, 3.63) is 59.6 Å². The Bertz CT molecular complexity index is 1170. The van der Waals surface area contributed by atoms with Crippen LogP contribution in [-0.4, -0.2) is 43.3 Å². The highest BCUT2D eigenvalue weighted by atomic mass is 32.2. The Balaban J connectivity index is 1.59. The van der Waals surface area contributed by atoms with E-state index >= 15 is 0 Å². The molecule has 0 radical (unpaired) electrons. The van der Waals surface area contributed by atoms with Gasteiger partial charge in [-0.1, -0.05) is 30.3 Å². The second kappa shape index (κ2) is 9.17. The van der Waals surface area contributed by atoms with Crippen LogP contribution in [0.2, 0.25) is 0 Å². The molecule has 1 saturated heterocycles. The van der Waals surface area contributed by atoms with E-state index in [9.17, 15) is 13.2 Å². The first-order valence-corrected chi connectivity index (χ1v) is 12.3. The van der Waals surface area contributed by atoms with Crippen LogP contribution < -0.4 is 10.1 Å². The maximum atomic E-state index is 13.1. The summed E-state index contributed by atoms with van der Waals surface area (Å²) >= 11 is 1.28. The van der Waals surface area contributed by atoms with E-state index in [0.717, 1.165) is 23.4 Å². The molecule has 0 saturated carbocycles. The van der Waals surface area contributed by atoms with E-state index in [4.69, 9.17) is 4.74 Å². The van der Waals surface area contributed by atoms with Crippen molar-refractivity contribution in [1.29, 1.82) is 0 Å². The predicted octanol–water partition coefficient (Wildman–Crippen LogP) is 4.25. The lowest BCUT2D eigenvalue weighted by Gasteiger charge is -2.19. The van der Waals surface area contributed by atoms with Crippen LogP contribution in [0.25, 0.3) is 10.6 Å². The van der Waals surface area contributed by atoms with E-state index in [1.165, 1.54) is 27.9 Å². The second-order valence-electron chi connectivity index (χ2n) is 7.06. The van der Waals surface area contributed by atoms with Crippen LogP contribution in [-0.2, 0) is 10.0 Å². The summed E-state index contributed by atoms with van der Waals surface area (Å²) in [5.41, 5.74) is 1.33. The quantitative estimate of drug-likeness (QED) is 0.573. The average molecular weight is 458 g/mol. The third kappa shape index (κ3) is 4.63. The highest BCUT2D eigenvalue weighted by Gasteiger charge is 2.30. The minimum Gasteiger partial charge on any atom is -0.492 e. The van der Waals surface area contributed by atoms with Gasteiger partial charge in [0.25, 0.3) is 5.91 Å². The van der Waals surface area contributed by atoms with Crippen molar-refractivity contribution in [2.45, 2.75) is 24.7 Å². The largest absolute Gasteiger partial charge is 0.492 e. The van der Waals surface area contributed by atoms with Crippen LogP contribution in [0.15, 0.2) is 59.6 Å². The standard InChI is InChI=1S/C22H23N3O4S2/c1-2-29-18-11-10-17(14-20(18)31(27,28)25-12-6-7-13-25)24-21(26)19-15-23-22(30-19)16-8-4-3-5-9-16/h3-5,8-11,14-15H,2,6-7,12-13H2,1H3,(H,24,26). The number of carbonyl (C=O) groups excluding carboxylic acids is 1. The molecule has 0 unspecified atom stereocenters. The number of aromatic nitrogens is 1. The number of hydrogen-bond acceptors (Lipinski definition) is 6. The Kier molecular flexibility index (Phi) is 6.35. The van der Waals surface area contributed by atoms with Crippen molar-refractivity contribution >= 4 is 33.0 Å². The number of rotatable bonds is 7. The van der Waals surface area contributed by atoms with Gasteiger partial charge in [-0.15, -0.1) is 11.3 Å². The molecule has 2 heterocycles. The maximum absolute atomic E-state index is 13.1. The smallest absolute Gasteiger partial charge is 0.267 e. The van der Waals surface area contributed by atoms with Gasteiger partial charge in [0.1, 0.15) is 20.5 Å². The van der Waals surface area contributed by atoms with Crippen molar-refractivity contribution in [1.82, 2.24) is 9.29 Å². The molecule has 31 heavy (non-hydrogen) atoms. The first-order chi connectivity index (χ1) is 15.0. The fraction of sp³-hybridized carbons (Fsp3) is 0.273. The molecular formula is C22H23N3O4S2. The molecule has 7 nitrogen and oxygen atoms in total. The van der Waals surface area contributed by atoms with Gasteiger partial charge in [-0.25, -0.2) is 13.4 Å². The number of hydrogen-bond donors (Lipinski definition) is 1. The SMILES string of the molecule is CCOc1ccc(NC(=O)c2cnc(-c3ccccc3)s2)cc1S(=O)(=O)N1CCCC1. The summed E-state index contributed by atoms with van der Waals surface area (Å²) in [5, 5.41) is 3.53. The zero-order chi connectivity index (χ0) is 21.8. The molecule has 3 aromatic rings. The number of sulfonamides is 1. The van der Waals surface area contributed by atoms with Gasteiger partial charge < -0.3 is 10.1 Å². The Morgan fingerprint density at radius 3 is 2.61 bits per heavy atom. The van der Waals surface area contributed by atoms with Crippen LogP contribution in [0.4, 0.5) is 5.69 Å². The lowest BCUT2D eigenvalue weighted by molar-refractivity contribution is 0.103. The van der Waals surface area contributed by atoms with Gasteiger partial charge >= 0.3 is 0 Å². The molecule has 0 atom stereocenters. The minimum absolute atomic E-state index is 0.0725. The van der Waals surface area contributed by atoms with E-state index in [2.05, 4.69) is 10.3 Å². The Morgan fingerprint density at radius 2 is 1.90 bits per heavy atom. The summed E-state index contributed by atoms with van der Waals surface area (Å²) in [6.45, 7) is 3.13. The summed E-state index contributed by atoms with van der Waals surface area (Å²) in [6, 6.07) is 14.3. The molecule has 0 aliphatic carbocycles. The zero-order valence-corrected chi connectivity index (χ0v) is 18.7. The number of carbonyl (C=O) groups is 1. The van der Waals surface area contributed by atoms with E-state index in [0.29, 0.717) is 30.3 Å². The molecule has 1 aliphatic heterocycles. The first-order valence-electron chi connectivity index (χ1n) is 10.1. The van der Waals surface area contributed by atoms with E-state index in [1.54, 1.807) is 19.1 Å². The molecule has 9 heteroatoms. The van der Waals surface area contributed by atoms with Gasteiger partial charge in [0.05, 0.1) is 12.8 Å². The summed E-state index contributed by atoms with van der Waals surface area (Å²) < 4.78 is 33.3. The molecule has 162 valence electrons. The molecule has 1 aliphatic rings. The Hall–Kier alpha value is -2.75. The van der Waals surface area contributed by atoms with Crippen LogP contribution >= 0.6 is 11.3 Å². The number of nitrogens with one attached hydrogen (secondary N) is 1. The number of thiazole rings is 1. The number of amides is 1. The fourth-order valence-electron chi connectivity index (χ4n) is 3.42. The molecule has 4 rings (SSSR count). The number of ether oxygens (including phenoxy) is 1. The summed E-state index contributed by atoms with van der Waals surface area (Å²) in [4.78, 5) is 17.6. The minimum atomic E-state index is -3.70. The topological polar surface area (TPSA) is 88.6 Å². The maximum Gasteiger partial charge on any atom is 0.267 e. The molecule has 1 N–H and O–H groups in total. The highest BCUT2D eigenvalue weighted by molar-refractivity contribution is 7.89. The highest BCUT2D eigenvalue weighted by Crippen LogP contribution is 2.32. The molecule has 0 bridgehead atoms. The fourth-order valence-corrected chi connectivity index (χ4v) is 5.91. The zero-order valence-electron chi connectivity index (χ0n) is 17.1. The van der Waals surface area contributed by atoms with E-state index < -0.39 is 10.0 Å². The third-order valence-electron chi connectivity index (χ3n) is 4.93. The van der Waals surface area contributed by atoms with Crippen LogP contribution in [0, 0.1) is 0 Å². The van der Waals surface area contributed by atoms with Gasteiger partial charge in [-0.05, 0) is 38.0 Å². The van der Waals surface area contributed by atoms with E-state index in [1.807, 2.05) is 30.3 Å². The van der Waals surface area contributed by atoms with Crippen molar-refractivity contribution < 1.29 is 17.9 Å². The van der Waals surface area contributed by atoms with Gasteiger partial charge in [-0.2, -0.15) is 4.31 Å². The van der Waals surface area contributed by atoms with Crippen LogP contribution in [0.5, 0.6) is 5.75 Å². The van der Waals surface area contributed by atoms with E-state index in [-0.39, 0.29) is 16.6 Å². The van der Waals surface area contributed by atoms with Crippen molar-refractivity contribution in [2.24, 2.45) is 0 Å².